The number of nitrogens with zero attached hydrogens (tertiary/aromatic N) is 1. The van der Waals surface area contributed by atoms with Crippen molar-refractivity contribution >= 4 is 5.91 Å². The van der Waals surface area contributed by atoms with Crippen LogP contribution in [0.15, 0.2) is 72.8 Å². The predicted molar refractivity (Wildman–Crippen MR) is 104 cm³/mol. The SMILES string of the molecule is Cc1c(CC(=O)N(C)C)cccc1-c1ccccc1-c1ccccc1. The minimum absolute atomic E-state index is 0.122. The monoisotopic (exact) mass is 329 g/mol. The Hall–Kier alpha value is -2.87. The van der Waals surface area contributed by atoms with Gasteiger partial charge in [0.1, 0.15) is 0 Å². The van der Waals surface area contributed by atoms with Crippen LogP contribution in [0.5, 0.6) is 0 Å². The third kappa shape index (κ3) is 3.63. The Bertz CT molecular complexity index is 882. The Labute approximate surface area is 149 Å². The van der Waals surface area contributed by atoms with Gasteiger partial charge in [-0.3, -0.25) is 4.79 Å². The minimum atomic E-state index is 0.122. The van der Waals surface area contributed by atoms with Crippen LogP contribution in [0.4, 0.5) is 0 Å². The molecule has 0 atom stereocenters. The summed E-state index contributed by atoms with van der Waals surface area (Å²) in [5, 5.41) is 0. The van der Waals surface area contributed by atoms with Gasteiger partial charge in [-0.2, -0.15) is 0 Å². The van der Waals surface area contributed by atoms with Crippen molar-refractivity contribution < 1.29 is 4.79 Å². The second-order valence-electron chi connectivity index (χ2n) is 6.47. The fraction of sp³-hybridized carbons (Fsp3) is 0.174. The molecule has 0 unspecified atom stereocenters. The highest BCUT2D eigenvalue weighted by atomic mass is 16.2. The van der Waals surface area contributed by atoms with Gasteiger partial charge in [0.15, 0.2) is 0 Å². The lowest BCUT2D eigenvalue weighted by atomic mass is 9.89. The molecule has 0 saturated heterocycles. The smallest absolute Gasteiger partial charge is 0.226 e. The predicted octanol–water partition coefficient (Wildman–Crippen LogP) is 4.96. The molecule has 0 aromatic heterocycles. The first-order valence-corrected chi connectivity index (χ1v) is 8.51. The first-order chi connectivity index (χ1) is 12.1. The van der Waals surface area contributed by atoms with E-state index in [-0.39, 0.29) is 5.91 Å². The van der Waals surface area contributed by atoms with Gasteiger partial charge in [-0.1, -0.05) is 72.8 Å². The van der Waals surface area contributed by atoms with E-state index in [1.165, 1.54) is 27.8 Å². The van der Waals surface area contributed by atoms with Gasteiger partial charge in [0.2, 0.25) is 5.91 Å². The third-order valence-corrected chi connectivity index (χ3v) is 4.59. The molecule has 0 fully saturated rings. The fourth-order valence-corrected chi connectivity index (χ4v) is 3.08. The summed E-state index contributed by atoms with van der Waals surface area (Å²) in [5.41, 5.74) is 7.04. The van der Waals surface area contributed by atoms with Gasteiger partial charge in [0.05, 0.1) is 6.42 Å². The Morgan fingerprint density at radius 2 is 1.36 bits per heavy atom. The molecular weight excluding hydrogens is 306 g/mol. The molecular formula is C23H23NO. The quantitative estimate of drug-likeness (QED) is 0.662. The normalized spacial score (nSPS) is 10.5. The number of hydrogen-bond donors (Lipinski definition) is 0. The van der Waals surface area contributed by atoms with Crippen molar-refractivity contribution in [3.05, 3.63) is 83.9 Å². The van der Waals surface area contributed by atoms with Gasteiger partial charge in [-0.15, -0.1) is 0 Å². The summed E-state index contributed by atoms with van der Waals surface area (Å²) >= 11 is 0. The number of benzene rings is 3. The van der Waals surface area contributed by atoms with E-state index in [2.05, 4.69) is 61.5 Å². The first kappa shape index (κ1) is 17.0. The van der Waals surface area contributed by atoms with E-state index in [1.807, 2.05) is 18.2 Å². The van der Waals surface area contributed by atoms with Crippen molar-refractivity contribution in [1.82, 2.24) is 4.90 Å². The molecule has 3 rings (SSSR count). The standard InChI is InChI=1S/C23H23NO/c1-17-19(16-23(25)24(2)3)12-9-15-20(17)22-14-8-7-13-21(22)18-10-5-4-6-11-18/h4-15H,16H2,1-3H3. The van der Waals surface area contributed by atoms with E-state index >= 15 is 0 Å². The number of likely N-dealkylation sites (N-methyl/N-ethyl adjacent to an activating group) is 1. The third-order valence-electron chi connectivity index (χ3n) is 4.59. The van der Waals surface area contributed by atoms with Gasteiger partial charge in [0.25, 0.3) is 0 Å². The molecule has 0 spiro atoms. The molecule has 0 N–H and O–H groups in total. The summed E-state index contributed by atoms with van der Waals surface area (Å²) in [5.74, 6) is 0.122. The topological polar surface area (TPSA) is 20.3 Å². The number of carbonyl (C=O) groups is 1. The minimum Gasteiger partial charge on any atom is -0.349 e. The second-order valence-corrected chi connectivity index (χ2v) is 6.47. The van der Waals surface area contributed by atoms with Gasteiger partial charge in [0, 0.05) is 14.1 Å². The molecule has 2 heteroatoms. The highest BCUT2D eigenvalue weighted by Gasteiger charge is 2.13. The average molecular weight is 329 g/mol. The van der Waals surface area contributed by atoms with Crippen molar-refractivity contribution in [3.8, 4) is 22.3 Å². The molecule has 0 radical (unpaired) electrons. The molecule has 2 nitrogen and oxygen atoms in total. The highest BCUT2D eigenvalue weighted by Crippen LogP contribution is 2.34. The molecule has 0 saturated carbocycles. The molecule has 3 aromatic rings. The molecule has 0 aliphatic heterocycles. The highest BCUT2D eigenvalue weighted by molar-refractivity contribution is 5.86. The van der Waals surface area contributed by atoms with Crippen molar-refractivity contribution in [1.29, 1.82) is 0 Å². The van der Waals surface area contributed by atoms with Crippen LogP contribution in [0, 0.1) is 6.92 Å². The summed E-state index contributed by atoms with van der Waals surface area (Å²) in [4.78, 5) is 13.8. The van der Waals surface area contributed by atoms with E-state index in [1.54, 1.807) is 19.0 Å². The Balaban J connectivity index is 2.08. The van der Waals surface area contributed by atoms with E-state index in [0.717, 1.165) is 5.56 Å². The molecule has 3 aromatic carbocycles. The average Bonchev–Trinajstić information content (AvgIpc) is 2.64. The number of rotatable bonds is 4. The fourth-order valence-electron chi connectivity index (χ4n) is 3.08. The van der Waals surface area contributed by atoms with E-state index in [0.29, 0.717) is 6.42 Å². The molecule has 0 aliphatic rings. The van der Waals surface area contributed by atoms with Crippen LogP contribution in [0.1, 0.15) is 11.1 Å². The van der Waals surface area contributed by atoms with Gasteiger partial charge in [-0.25, -0.2) is 0 Å². The largest absolute Gasteiger partial charge is 0.349 e. The van der Waals surface area contributed by atoms with Crippen LogP contribution in [-0.2, 0) is 11.2 Å². The molecule has 25 heavy (non-hydrogen) atoms. The summed E-state index contributed by atoms with van der Waals surface area (Å²) in [6.45, 7) is 2.11. The van der Waals surface area contributed by atoms with Gasteiger partial charge < -0.3 is 4.90 Å². The van der Waals surface area contributed by atoms with Crippen molar-refractivity contribution in [2.45, 2.75) is 13.3 Å². The van der Waals surface area contributed by atoms with E-state index in [9.17, 15) is 4.79 Å². The maximum atomic E-state index is 12.1. The van der Waals surface area contributed by atoms with Crippen LogP contribution in [0.2, 0.25) is 0 Å². The van der Waals surface area contributed by atoms with Gasteiger partial charge >= 0.3 is 0 Å². The summed E-state index contributed by atoms with van der Waals surface area (Å²) < 4.78 is 0. The lowest BCUT2D eigenvalue weighted by Gasteiger charge is -2.16. The van der Waals surface area contributed by atoms with Gasteiger partial charge in [-0.05, 0) is 40.3 Å². The molecule has 126 valence electrons. The zero-order chi connectivity index (χ0) is 17.8. The van der Waals surface area contributed by atoms with Crippen LogP contribution >= 0.6 is 0 Å². The molecule has 1 amide bonds. The lowest BCUT2D eigenvalue weighted by Crippen LogP contribution is -2.23. The van der Waals surface area contributed by atoms with Crippen LogP contribution in [0.25, 0.3) is 22.3 Å². The maximum absolute atomic E-state index is 12.1. The Kier molecular flexibility index (Phi) is 4.99. The summed E-state index contributed by atoms with van der Waals surface area (Å²) in [6.07, 6.45) is 0.431. The Morgan fingerprint density at radius 1 is 0.760 bits per heavy atom. The van der Waals surface area contributed by atoms with Crippen molar-refractivity contribution in [2.75, 3.05) is 14.1 Å². The first-order valence-electron chi connectivity index (χ1n) is 8.51. The Morgan fingerprint density at radius 3 is 2.04 bits per heavy atom. The zero-order valence-corrected chi connectivity index (χ0v) is 15.0. The lowest BCUT2D eigenvalue weighted by molar-refractivity contribution is -0.127. The molecule has 0 aliphatic carbocycles. The number of amides is 1. The van der Waals surface area contributed by atoms with Crippen LogP contribution in [0.3, 0.4) is 0 Å². The number of hydrogen-bond acceptors (Lipinski definition) is 1. The summed E-state index contributed by atoms with van der Waals surface area (Å²) in [6, 6.07) is 25.1. The van der Waals surface area contributed by atoms with E-state index in [4.69, 9.17) is 0 Å². The van der Waals surface area contributed by atoms with Crippen molar-refractivity contribution in [3.63, 3.8) is 0 Å². The van der Waals surface area contributed by atoms with E-state index < -0.39 is 0 Å². The van der Waals surface area contributed by atoms with Crippen LogP contribution in [-0.4, -0.2) is 24.9 Å². The zero-order valence-electron chi connectivity index (χ0n) is 15.0. The molecule has 0 bridgehead atoms. The summed E-state index contributed by atoms with van der Waals surface area (Å²) in [7, 11) is 3.60. The number of carbonyl (C=O) groups excluding carboxylic acids is 1. The molecule has 0 heterocycles. The van der Waals surface area contributed by atoms with Crippen LogP contribution < -0.4 is 0 Å². The van der Waals surface area contributed by atoms with Crippen molar-refractivity contribution in [2.24, 2.45) is 0 Å². The second kappa shape index (κ2) is 7.35. The maximum Gasteiger partial charge on any atom is 0.226 e.